The van der Waals surface area contributed by atoms with Gasteiger partial charge in [0.2, 0.25) is 0 Å². The molecule has 0 radical (unpaired) electrons. The second-order valence-electron chi connectivity index (χ2n) is 5.13. The number of benzene rings is 2. The Labute approximate surface area is 120 Å². The molecule has 2 aromatic carbocycles. The van der Waals surface area contributed by atoms with Gasteiger partial charge in [-0.15, -0.1) is 0 Å². The van der Waals surface area contributed by atoms with Crippen molar-refractivity contribution in [3.63, 3.8) is 0 Å². The van der Waals surface area contributed by atoms with Crippen LogP contribution in [0.2, 0.25) is 0 Å². The average Bonchev–Trinajstić information content (AvgIpc) is 2.53. The number of ether oxygens (including phenoxy) is 2. The van der Waals surface area contributed by atoms with Crippen molar-refractivity contribution in [2.45, 2.75) is 6.42 Å². The second kappa shape index (κ2) is 6.73. The zero-order chi connectivity index (χ0) is 13.6. The smallest absolute Gasteiger partial charge is 0.127 e. The number of hydrogen-bond acceptors (Lipinski definition) is 3. The third-order valence-corrected chi connectivity index (χ3v) is 3.73. The van der Waals surface area contributed by atoms with E-state index in [-0.39, 0.29) is 0 Å². The highest BCUT2D eigenvalue weighted by Crippen LogP contribution is 2.25. The van der Waals surface area contributed by atoms with Crippen molar-refractivity contribution in [2.24, 2.45) is 0 Å². The van der Waals surface area contributed by atoms with Gasteiger partial charge in [-0.1, -0.05) is 36.4 Å². The van der Waals surface area contributed by atoms with Crippen LogP contribution in [0.15, 0.2) is 42.5 Å². The second-order valence-corrected chi connectivity index (χ2v) is 5.13. The van der Waals surface area contributed by atoms with Crippen LogP contribution in [-0.2, 0) is 4.74 Å². The fourth-order valence-electron chi connectivity index (χ4n) is 2.62. The minimum absolute atomic E-state index is 0.769. The maximum Gasteiger partial charge on any atom is 0.127 e. The summed E-state index contributed by atoms with van der Waals surface area (Å²) in [4.78, 5) is 2.44. The molecule has 0 unspecified atom stereocenters. The summed E-state index contributed by atoms with van der Waals surface area (Å²) in [7, 11) is 0. The first kappa shape index (κ1) is 13.4. The zero-order valence-electron chi connectivity index (χ0n) is 11.8. The SMILES string of the molecule is c1ccc2c(OCCCN3CCOCC3)cccc2c1. The van der Waals surface area contributed by atoms with Crippen molar-refractivity contribution in [2.75, 3.05) is 39.5 Å². The molecule has 0 amide bonds. The van der Waals surface area contributed by atoms with Crippen LogP contribution in [0.4, 0.5) is 0 Å². The van der Waals surface area contributed by atoms with E-state index < -0.39 is 0 Å². The van der Waals surface area contributed by atoms with Gasteiger partial charge in [-0.25, -0.2) is 0 Å². The molecule has 106 valence electrons. The average molecular weight is 271 g/mol. The van der Waals surface area contributed by atoms with E-state index in [2.05, 4.69) is 47.4 Å². The summed E-state index contributed by atoms with van der Waals surface area (Å²) < 4.78 is 11.3. The van der Waals surface area contributed by atoms with E-state index in [1.807, 2.05) is 0 Å². The molecular weight excluding hydrogens is 250 g/mol. The molecule has 1 fully saturated rings. The van der Waals surface area contributed by atoms with Crippen molar-refractivity contribution in [3.8, 4) is 5.75 Å². The quantitative estimate of drug-likeness (QED) is 0.780. The fraction of sp³-hybridized carbons (Fsp3) is 0.412. The molecule has 0 saturated carbocycles. The van der Waals surface area contributed by atoms with Crippen molar-refractivity contribution in [1.29, 1.82) is 0 Å². The van der Waals surface area contributed by atoms with Gasteiger partial charge >= 0.3 is 0 Å². The Kier molecular flexibility index (Phi) is 4.51. The van der Waals surface area contributed by atoms with Crippen molar-refractivity contribution >= 4 is 10.8 Å². The highest BCUT2D eigenvalue weighted by molar-refractivity contribution is 5.88. The zero-order valence-corrected chi connectivity index (χ0v) is 11.8. The van der Waals surface area contributed by atoms with Crippen LogP contribution >= 0.6 is 0 Å². The minimum Gasteiger partial charge on any atom is -0.493 e. The van der Waals surface area contributed by atoms with E-state index in [0.29, 0.717) is 0 Å². The fourth-order valence-corrected chi connectivity index (χ4v) is 2.62. The highest BCUT2D eigenvalue weighted by atomic mass is 16.5. The number of hydrogen-bond donors (Lipinski definition) is 0. The van der Waals surface area contributed by atoms with Crippen LogP contribution in [0.25, 0.3) is 10.8 Å². The lowest BCUT2D eigenvalue weighted by Gasteiger charge is -2.26. The summed E-state index contributed by atoms with van der Waals surface area (Å²) in [5.74, 6) is 0.991. The lowest BCUT2D eigenvalue weighted by atomic mass is 10.1. The topological polar surface area (TPSA) is 21.7 Å². The Morgan fingerprint density at radius 2 is 1.80 bits per heavy atom. The molecule has 0 spiro atoms. The molecule has 0 atom stereocenters. The lowest BCUT2D eigenvalue weighted by molar-refractivity contribution is 0.0358. The normalized spacial score (nSPS) is 16.4. The number of morpholine rings is 1. The minimum atomic E-state index is 0.769. The van der Waals surface area contributed by atoms with Gasteiger partial charge in [0.1, 0.15) is 5.75 Å². The molecular formula is C17H21NO2. The van der Waals surface area contributed by atoms with Crippen LogP contribution in [0, 0.1) is 0 Å². The third-order valence-electron chi connectivity index (χ3n) is 3.73. The van der Waals surface area contributed by atoms with Crippen LogP contribution in [-0.4, -0.2) is 44.4 Å². The lowest BCUT2D eigenvalue weighted by Crippen LogP contribution is -2.37. The largest absolute Gasteiger partial charge is 0.493 e. The van der Waals surface area contributed by atoms with Crippen LogP contribution in [0.3, 0.4) is 0 Å². The molecule has 3 rings (SSSR count). The first-order chi connectivity index (χ1) is 9.93. The first-order valence-electron chi connectivity index (χ1n) is 7.34. The van der Waals surface area contributed by atoms with Gasteiger partial charge in [-0.2, -0.15) is 0 Å². The predicted octanol–water partition coefficient (Wildman–Crippen LogP) is 2.94. The molecule has 0 aromatic heterocycles. The maximum atomic E-state index is 5.95. The molecule has 0 aliphatic carbocycles. The predicted molar refractivity (Wildman–Crippen MR) is 81.3 cm³/mol. The van der Waals surface area contributed by atoms with E-state index in [0.717, 1.165) is 51.6 Å². The maximum absolute atomic E-state index is 5.95. The molecule has 3 nitrogen and oxygen atoms in total. The van der Waals surface area contributed by atoms with Gasteiger partial charge in [-0.05, 0) is 17.9 Å². The van der Waals surface area contributed by atoms with Gasteiger partial charge < -0.3 is 9.47 Å². The van der Waals surface area contributed by atoms with Gasteiger partial charge in [0.15, 0.2) is 0 Å². The van der Waals surface area contributed by atoms with E-state index in [1.165, 1.54) is 10.8 Å². The van der Waals surface area contributed by atoms with Gasteiger partial charge in [0, 0.05) is 25.0 Å². The van der Waals surface area contributed by atoms with Gasteiger partial charge in [0.25, 0.3) is 0 Å². The molecule has 0 N–H and O–H groups in total. The number of rotatable bonds is 5. The van der Waals surface area contributed by atoms with Crippen LogP contribution < -0.4 is 4.74 Å². The van der Waals surface area contributed by atoms with Gasteiger partial charge in [-0.3, -0.25) is 4.90 Å². The highest BCUT2D eigenvalue weighted by Gasteiger charge is 2.09. The standard InChI is InChI=1S/C17H21NO2/c1-2-7-16-15(5-1)6-3-8-17(16)20-12-4-9-18-10-13-19-14-11-18/h1-3,5-8H,4,9-14H2. The van der Waals surface area contributed by atoms with Gasteiger partial charge in [0.05, 0.1) is 19.8 Å². The molecule has 2 aromatic rings. The number of nitrogens with zero attached hydrogens (tertiary/aromatic N) is 1. The molecule has 1 saturated heterocycles. The van der Waals surface area contributed by atoms with E-state index >= 15 is 0 Å². The Hall–Kier alpha value is -1.58. The summed E-state index contributed by atoms with van der Waals surface area (Å²) in [5, 5.41) is 2.43. The summed E-state index contributed by atoms with van der Waals surface area (Å²) in [5.41, 5.74) is 0. The summed E-state index contributed by atoms with van der Waals surface area (Å²) >= 11 is 0. The molecule has 0 bridgehead atoms. The first-order valence-corrected chi connectivity index (χ1v) is 7.34. The Morgan fingerprint density at radius 1 is 1.00 bits per heavy atom. The molecule has 1 aliphatic heterocycles. The number of fused-ring (bicyclic) bond motifs is 1. The Bertz CT molecular complexity index is 544. The summed E-state index contributed by atoms with van der Waals surface area (Å²) in [6.07, 6.45) is 1.06. The van der Waals surface area contributed by atoms with E-state index in [4.69, 9.17) is 9.47 Å². The molecule has 3 heteroatoms. The van der Waals surface area contributed by atoms with E-state index in [9.17, 15) is 0 Å². The monoisotopic (exact) mass is 271 g/mol. The van der Waals surface area contributed by atoms with Crippen molar-refractivity contribution < 1.29 is 9.47 Å². The summed E-state index contributed by atoms with van der Waals surface area (Å²) in [6.45, 7) is 5.69. The van der Waals surface area contributed by atoms with Crippen molar-refractivity contribution in [3.05, 3.63) is 42.5 Å². The molecule has 1 heterocycles. The Balaban J connectivity index is 1.52. The van der Waals surface area contributed by atoms with E-state index in [1.54, 1.807) is 0 Å². The Morgan fingerprint density at radius 3 is 2.70 bits per heavy atom. The van der Waals surface area contributed by atoms with Crippen molar-refractivity contribution in [1.82, 2.24) is 4.90 Å². The third kappa shape index (κ3) is 3.30. The molecule has 1 aliphatic rings. The van der Waals surface area contributed by atoms with Crippen LogP contribution in [0.1, 0.15) is 6.42 Å². The van der Waals surface area contributed by atoms with Crippen LogP contribution in [0.5, 0.6) is 5.75 Å². The summed E-state index contributed by atoms with van der Waals surface area (Å²) in [6, 6.07) is 14.6. The molecule has 20 heavy (non-hydrogen) atoms.